The number of fused-ring (bicyclic) bond motifs is 1. The SMILES string of the molecule is Cc1cccc(Nc2ccc(C(=O)Nc3cccc4cccnc34)nc2)c1. The van der Waals surface area contributed by atoms with Gasteiger partial charge in [0.2, 0.25) is 0 Å². The number of benzene rings is 2. The normalized spacial score (nSPS) is 10.6. The van der Waals surface area contributed by atoms with Crippen molar-refractivity contribution in [2.75, 3.05) is 10.6 Å². The van der Waals surface area contributed by atoms with E-state index in [1.54, 1.807) is 18.5 Å². The summed E-state index contributed by atoms with van der Waals surface area (Å²) in [5, 5.41) is 7.15. The van der Waals surface area contributed by atoms with Gasteiger partial charge < -0.3 is 10.6 Å². The molecule has 0 fully saturated rings. The zero-order valence-electron chi connectivity index (χ0n) is 14.8. The largest absolute Gasteiger partial charge is 0.354 e. The van der Waals surface area contributed by atoms with E-state index in [9.17, 15) is 4.79 Å². The first-order valence-electron chi connectivity index (χ1n) is 8.64. The van der Waals surface area contributed by atoms with E-state index in [0.29, 0.717) is 11.4 Å². The van der Waals surface area contributed by atoms with Crippen molar-refractivity contribution in [3.63, 3.8) is 0 Å². The molecule has 27 heavy (non-hydrogen) atoms. The zero-order valence-corrected chi connectivity index (χ0v) is 14.8. The van der Waals surface area contributed by atoms with E-state index in [1.807, 2.05) is 67.6 Å². The Morgan fingerprint density at radius 2 is 1.74 bits per heavy atom. The van der Waals surface area contributed by atoms with Gasteiger partial charge in [0.25, 0.3) is 5.91 Å². The van der Waals surface area contributed by atoms with Gasteiger partial charge >= 0.3 is 0 Å². The fourth-order valence-corrected chi connectivity index (χ4v) is 2.88. The number of nitrogens with one attached hydrogen (secondary N) is 2. The molecule has 0 aliphatic carbocycles. The third-order valence-electron chi connectivity index (χ3n) is 4.18. The molecule has 2 heterocycles. The molecule has 4 aromatic rings. The smallest absolute Gasteiger partial charge is 0.274 e. The summed E-state index contributed by atoms with van der Waals surface area (Å²) in [4.78, 5) is 21.2. The number of aromatic nitrogens is 2. The molecule has 0 unspecified atom stereocenters. The minimum Gasteiger partial charge on any atom is -0.354 e. The molecule has 0 spiro atoms. The molecule has 5 nitrogen and oxygen atoms in total. The van der Waals surface area contributed by atoms with E-state index in [0.717, 1.165) is 22.3 Å². The van der Waals surface area contributed by atoms with Gasteiger partial charge in [0.1, 0.15) is 5.69 Å². The quantitative estimate of drug-likeness (QED) is 0.545. The molecule has 2 aromatic carbocycles. The highest BCUT2D eigenvalue weighted by atomic mass is 16.1. The van der Waals surface area contributed by atoms with Crippen LogP contribution in [0.25, 0.3) is 10.9 Å². The monoisotopic (exact) mass is 354 g/mol. The van der Waals surface area contributed by atoms with Crippen molar-refractivity contribution in [1.29, 1.82) is 0 Å². The van der Waals surface area contributed by atoms with Gasteiger partial charge in [0.05, 0.1) is 23.1 Å². The van der Waals surface area contributed by atoms with Crippen molar-refractivity contribution in [3.8, 4) is 0 Å². The van der Waals surface area contributed by atoms with Crippen LogP contribution in [0.3, 0.4) is 0 Å². The van der Waals surface area contributed by atoms with Crippen LogP contribution in [0.2, 0.25) is 0 Å². The summed E-state index contributed by atoms with van der Waals surface area (Å²) < 4.78 is 0. The van der Waals surface area contributed by atoms with Crippen LogP contribution in [0.4, 0.5) is 17.1 Å². The van der Waals surface area contributed by atoms with E-state index in [-0.39, 0.29) is 5.91 Å². The molecule has 1 amide bonds. The molecule has 0 bridgehead atoms. The number of hydrogen-bond donors (Lipinski definition) is 2. The van der Waals surface area contributed by atoms with Crippen LogP contribution in [-0.4, -0.2) is 15.9 Å². The molecular weight excluding hydrogens is 336 g/mol. The Bertz CT molecular complexity index is 1100. The number of rotatable bonds is 4. The average molecular weight is 354 g/mol. The first kappa shape index (κ1) is 16.7. The standard InChI is InChI=1S/C22H18N4O/c1-15-5-2-8-17(13-15)25-18-10-11-20(24-14-18)22(27)26-19-9-3-6-16-7-4-12-23-21(16)19/h2-14,25H,1H3,(H,26,27). The van der Waals surface area contributed by atoms with Gasteiger partial charge in [0.15, 0.2) is 0 Å². The Labute approximate surface area is 157 Å². The number of carbonyl (C=O) groups excluding carboxylic acids is 1. The number of carbonyl (C=O) groups is 1. The van der Waals surface area contributed by atoms with Gasteiger partial charge in [0, 0.05) is 17.3 Å². The molecule has 0 atom stereocenters. The summed E-state index contributed by atoms with van der Waals surface area (Å²) in [5.74, 6) is -0.268. The van der Waals surface area contributed by atoms with Gasteiger partial charge in [-0.15, -0.1) is 0 Å². The van der Waals surface area contributed by atoms with E-state index in [1.165, 1.54) is 5.56 Å². The van der Waals surface area contributed by atoms with Gasteiger partial charge in [-0.1, -0.05) is 30.3 Å². The number of anilines is 3. The van der Waals surface area contributed by atoms with Crippen molar-refractivity contribution >= 4 is 33.9 Å². The molecule has 0 aliphatic heterocycles. The van der Waals surface area contributed by atoms with Crippen LogP contribution < -0.4 is 10.6 Å². The van der Waals surface area contributed by atoms with Gasteiger partial charge in [-0.2, -0.15) is 0 Å². The van der Waals surface area contributed by atoms with Crippen LogP contribution in [0, 0.1) is 6.92 Å². The van der Waals surface area contributed by atoms with Gasteiger partial charge in [-0.3, -0.25) is 9.78 Å². The molecular formula is C22H18N4O. The second-order valence-electron chi connectivity index (χ2n) is 6.26. The summed E-state index contributed by atoms with van der Waals surface area (Å²) in [5.41, 5.74) is 4.75. The number of aryl methyl sites for hydroxylation is 1. The van der Waals surface area contributed by atoms with Crippen LogP contribution in [-0.2, 0) is 0 Å². The topological polar surface area (TPSA) is 66.9 Å². The summed E-state index contributed by atoms with van der Waals surface area (Å²) in [6.45, 7) is 2.04. The van der Waals surface area contributed by atoms with Crippen molar-refractivity contribution in [1.82, 2.24) is 9.97 Å². The Balaban J connectivity index is 1.51. The zero-order chi connectivity index (χ0) is 18.6. The highest BCUT2D eigenvalue weighted by molar-refractivity contribution is 6.07. The molecule has 0 saturated carbocycles. The second-order valence-corrected chi connectivity index (χ2v) is 6.26. The summed E-state index contributed by atoms with van der Waals surface area (Å²) in [7, 11) is 0. The maximum Gasteiger partial charge on any atom is 0.274 e. The first-order chi connectivity index (χ1) is 13.2. The Morgan fingerprint density at radius 1 is 0.889 bits per heavy atom. The molecule has 0 aliphatic rings. The molecule has 0 radical (unpaired) electrons. The van der Waals surface area contributed by atoms with E-state index < -0.39 is 0 Å². The Morgan fingerprint density at radius 3 is 2.56 bits per heavy atom. The van der Waals surface area contributed by atoms with E-state index >= 15 is 0 Å². The Hall–Kier alpha value is -3.73. The minimum absolute atomic E-state index is 0.268. The number of para-hydroxylation sites is 1. The lowest BCUT2D eigenvalue weighted by molar-refractivity contribution is 0.102. The fourth-order valence-electron chi connectivity index (χ4n) is 2.88. The van der Waals surface area contributed by atoms with Crippen LogP contribution >= 0.6 is 0 Å². The lowest BCUT2D eigenvalue weighted by atomic mass is 10.2. The summed E-state index contributed by atoms with van der Waals surface area (Å²) in [6.07, 6.45) is 3.36. The molecule has 2 N–H and O–H groups in total. The second kappa shape index (κ2) is 7.25. The van der Waals surface area contributed by atoms with Crippen LogP contribution in [0.15, 0.2) is 79.1 Å². The fraction of sp³-hybridized carbons (Fsp3) is 0.0455. The molecule has 0 saturated heterocycles. The number of nitrogens with zero attached hydrogens (tertiary/aromatic N) is 2. The molecule has 132 valence electrons. The highest BCUT2D eigenvalue weighted by Gasteiger charge is 2.10. The first-order valence-corrected chi connectivity index (χ1v) is 8.64. The third-order valence-corrected chi connectivity index (χ3v) is 4.18. The van der Waals surface area contributed by atoms with E-state index in [4.69, 9.17) is 0 Å². The van der Waals surface area contributed by atoms with Gasteiger partial charge in [-0.25, -0.2) is 4.98 Å². The van der Waals surface area contributed by atoms with E-state index in [2.05, 4.69) is 20.6 Å². The van der Waals surface area contributed by atoms with Crippen LogP contribution in [0.1, 0.15) is 16.1 Å². The molecule has 2 aromatic heterocycles. The number of hydrogen-bond acceptors (Lipinski definition) is 4. The van der Waals surface area contributed by atoms with Gasteiger partial charge in [-0.05, 0) is 48.9 Å². The number of amides is 1. The minimum atomic E-state index is -0.268. The maximum atomic E-state index is 12.6. The number of pyridine rings is 2. The Kier molecular flexibility index (Phi) is 4.49. The van der Waals surface area contributed by atoms with Crippen molar-refractivity contribution in [2.24, 2.45) is 0 Å². The maximum absolute atomic E-state index is 12.6. The lowest BCUT2D eigenvalue weighted by Gasteiger charge is -2.09. The van der Waals surface area contributed by atoms with Crippen molar-refractivity contribution in [3.05, 3.63) is 90.4 Å². The van der Waals surface area contributed by atoms with Crippen molar-refractivity contribution < 1.29 is 4.79 Å². The van der Waals surface area contributed by atoms with Crippen molar-refractivity contribution in [2.45, 2.75) is 6.92 Å². The van der Waals surface area contributed by atoms with Crippen LogP contribution in [0.5, 0.6) is 0 Å². The average Bonchev–Trinajstić information content (AvgIpc) is 2.69. The highest BCUT2D eigenvalue weighted by Crippen LogP contribution is 2.21. The molecule has 5 heteroatoms. The lowest BCUT2D eigenvalue weighted by Crippen LogP contribution is -2.14. The predicted octanol–water partition coefficient (Wildman–Crippen LogP) is 4.93. The third kappa shape index (κ3) is 3.77. The molecule has 4 rings (SSSR count). The predicted molar refractivity (Wildman–Crippen MR) is 108 cm³/mol. The summed E-state index contributed by atoms with van der Waals surface area (Å²) >= 11 is 0. The summed E-state index contributed by atoms with van der Waals surface area (Å²) in [6, 6.07) is 21.1.